The monoisotopic (exact) mass is 458 g/mol. The Hall–Kier alpha value is -1.88. The first-order valence-corrected chi connectivity index (χ1v) is 9.05. The molecule has 2 nitrogen and oxygen atoms in total. The number of hydrogen-bond donors (Lipinski definition) is 0. The first-order valence-electron chi connectivity index (χ1n) is 9.05. The molecule has 3 heteroatoms. The molecule has 0 N–H and O–H groups in total. The van der Waals surface area contributed by atoms with Crippen molar-refractivity contribution in [3.63, 3.8) is 0 Å². The van der Waals surface area contributed by atoms with Crippen molar-refractivity contribution < 1.29 is 28.5 Å². The van der Waals surface area contributed by atoms with Gasteiger partial charge in [-0.05, 0) is 38.5 Å². The molecule has 0 spiro atoms. The quantitative estimate of drug-likeness (QED) is 0.419. The molecule has 3 aromatic rings. The maximum absolute atomic E-state index is 2.42. The van der Waals surface area contributed by atoms with Crippen LogP contribution in [0.3, 0.4) is 0 Å². The third kappa shape index (κ3) is 4.26. The van der Waals surface area contributed by atoms with Crippen molar-refractivity contribution >= 4 is 28.7 Å². The summed E-state index contributed by atoms with van der Waals surface area (Å²) in [6.45, 7) is 8.57. The number of benzene rings is 2. The predicted octanol–water partition coefficient (Wildman–Crippen LogP) is 1.99. The van der Waals surface area contributed by atoms with Crippen LogP contribution < -0.4 is 33.4 Å². The smallest absolute Gasteiger partial charge is 0.214 e. The van der Waals surface area contributed by atoms with Crippen LogP contribution in [-0.4, -0.2) is 13.1 Å². The maximum Gasteiger partial charge on any atom is 0.214 e. The Kier molecular flexibility index (Phi) is 7.21. The van der Waals surface area contributed by atoms with Gasteiger partial charge >= 0.3 is 0 Å². The van der Waals surface area contributed by atoms with Crippen molar-refractivity contribution in [2.75, 3.05) is 18.0 Å². The molecule has 0 bridgehead atoms. The molecule has 0 amide bonds. The fourth-order valence-electron chi connectivity index (χ4n) is 3.28. The number of hydrogen-bond acceptors (Lipinski definition) is 1. The van der Waals surface area contributed by atoms with E-state index in [0.29, 0.717) is 0 Å². The lowest BCUT2D eigenvalue weighted by atomic mass is 10.1. The summed E-state index contributed by atoms with van der Waals surface area (Å²) in [6.07, 6.45) is 4.40. The van der Waals surface area contributed by atoms with Gasteiger partial charge in [-0.3, -0.25) is 0 Å². The Bertz CT molecular complexity index is 894. The summed E-state index contributed by atoms with van der Waals surface area (Å²) >= 11 is 0. The van der Waals surface area contributed by atoms with Crippen LogP contribution in [0.25, 0.3) is 23.1 Å². The number of pyridine rings is 1. The maximum atomic E-state index is 2.42. The zero-order valence-electron chi connectivity index (χ0n) is 16.0. The highest BCUT2D eigenvalue weighted by Crippen LogP contribution is 2.26. The van der Waals surface area contributed by atoms with E-state index in [1.165, 1.54) is 33.4 Å². The largest absolute Gasteiger partial charge is 1.00 e. The van der Waals surface area contributed by atoms with Gasteiger partial charge in [0.2, 0.25) is 11.2 Å². The SMILES string of the molecule is CCN(CC)c1cc(/C=C/c2ccc(C)cc2)[n+](C)c2ccccc12.[I-]. The standard InChI is InChI=1S/C23H27N2.HI/c1-5-25(6-2)23-17-20(16-15-19-13-11-18(3)12-14-19)24(4)22-10-8-7-9-21(22)23;/h7-17H,5-6H2,1-4H3;1H/q+1;/p-1/b16-15+;. The van der Waals surface area contributed by atoms with Gasteiger partial charge < -0.3 is 28.9 Å². The normalized spacial score (nSPS) is 10.9. The van der Waals surface area contributed by atoms with Gasteiger partial charge in [0.1, 0.15) is 7.05 Å². The van der Waals surface area contributed by atoms with Gasteiger partial charge in [-0.1, -0.05) is 42.0 Å². The van der Waals surface area contributed by atoms with Gasteiger partial charge in [0.15, 0.2) is 0 Å². The second-order valence-corrected chi connectivity index (χ2v) is 6.45. The molecular weight excluding hydrogens is 431 g/mol. The van der Waals surface area contributed by atoms with Gasteiger partial charge in [-0.15, -0.1) is 0 Å². The molecule has 2 aromatic carbocycles. The van der Waals surface area contributed by atoms with E-state index in [0.717, 1.165) is 13.1 Å². The Morgan fingerprint density at radius 2 is 1.58 bits per heavy atom. The molecule has 0 fully saturated rings. The molecule has 0 saturated carbocycles. The van der Waals surface area contributed by atoms with Crippen molar-refractivity contribution in [3.05, 3.63) is 71.4 Å². The van der Waals surface area contributed by atoms with Crippen LogP contribution in [0.1, 0.15) is 30.7 Å². The molecule has 3 rings (SSSR count). The van der Waals surface area contributed by atoms with Crippen LogP contribution in [0.4, 0.5) is 5.69 Å². The first-order chi connectivity index (χ1) is 12.1. The van der Waals surface area contributed by atoms with E-state index >= 15 is 0 Å². The number of aromatic nitrogens is 1. The third-order valence-corrected chi connectivity index (χ3v) is 4.84. The van der Waals surface area contributed by atoms with E-state index in [2.05, 4.69) is 104 Å². The molecule has 136 valence electrons. The van der Waals surface area contributed by atoms with Gasteiger partial charge in [-0.2, -0.15) is 4.57 Å². The number of anilines is 1. The van der Waals surface area contributed by atoms with Crippen molar-refractivity contribution in [1.82, 2.24) is 0 Å². The zero-order valence-corrected chi connectivity index (χ0v) is 18.2. The Labute approximate surface area is 174 Å². The summed E-state index contributed by atoms with van der Waals surface area (Å²) < 4.78 is 2.27. The lowest BCUT2D eigenvalue weighted by Gasteiger charge is -2.22. The summed E-state index contributed by atoms with van der Waals surface area (Å²) in [6, 6.07) is 19.6. The zero-order chi connectivity index (χ0) is 17.8. The lowest BCUT2D eigenvalue weighted by Crippen LogP contribution is -3.00. The highest BCUT2D eigenvalue weighted by molar-refractivity contribution is 5.91. The van der Waals surface area contributed by atoms with E-state index < -0.39 is 0 Å². The van der Waals surface area contributed by atoms with Gasteiger partial charge in [0, 0.05) is 31.3 Å². The molecule has 26 heavy (non-hydrogen) atoms. The van der Waals surface area contributed by atoms with E-state index in [1.807, 2.05) is 0 Å². The van der Waals surface area contributed by atoms with Crippen LogP contribution in [0.2, 0.25) is 0 Å². The first kappa shape index (κ1) is 20.4. The van der Waals surface area contributed by atoms with Gasteiger partial charge in [0.25, 0.3) is 0 Å². The number of fused-ring (bicyclic) bond motifs is 1. The molecule has 0 aliphatic heterocycles. The van der Waals surface area contributed by atoms with E-state index in [9.17, 15) is 0 Å². The molecule has 1 heterocycles. The summed E-state index contributed by atoms with van der Waals surface area (Å²) in [5.41, 5.74) is 6.29. The van der Waals surface area contributed by atoms with Crippen molar-refractivity contribution in [3.8, 4) is 0 Å². The van der Waals surface area contributed by atoms with Crippen molar-refractivity contribution in [1.29, 1.82) is 0 Å². The minimum absolute atomic E-state index is 0. The summed E-state index contributed by atoms with van der Waals surface area (Å²) in [5.74, 6) is 0. The van der Waals surface area contributed by atoms with Crippen LogP contribution in [-0.2, 0) is 7.05 Å². The predicted molar refractivity (Wildman–Crippen MR) is 109 cm³/mol. The molecule has 0 atom stereocenters. The molecule has 1 aromatic heterocycles. The Morgan fingerprint density at radius 1 is 0.923 bits per heavy atom. The van der Waals surface area contributed by atoms with Crippen LogP contribution in [0.5, 0.6) is 0 Å². The summed E-state index contributed by atoms with van der Waals surface area (Å²) in [7, 11) is 2.14. The average Bonchev–Trinajstić information content (AvgIpc) is 2.65. The molecule has 0 saturated heterocycles. The van der Waals surface area contributed by atoms with Crippen LogP contribution in [0, 0.1) is 6.92 Å². The van der Waals surface area contributed by atoms with Gasteiger partial charge in [0.05, 0.1) is 11.1 Å². The Morgan fingerprint density at radius 3 is 2.23 bits per heavy atom. The van der Waals surface area contributed by atoms with Gasteiger partial charge in [-0.25, -0.2) is 0 Å². The van der Waals surface area contributed by atoms with E-state index in [-0.39, 0.29) is 24.0 Å². The van der Waals surface area contributed by atoms with Crippen molar-refractivity contribution in [2.24, 2.45) is 7.05 Å². The number of rotatable bonds is 5. The minimum atomic E-state index is 0. The van der Waals surface area contributed by atoms with E-state index in [4.69, 9.17) is 0 Å². The molecular formula is C23H27IN2. The number of para-hydroxylation sites is 1. The highest BCUT2D eigenvalue weighted by atomic mass is 127. The Balaban J connectivity index is 0.00000243. The molecule has 0 radical (unpaired) electrons. The second kappa shape index (κ2) is 9.17. The highest BCUT2D eigenvalue weighted by Gasteiger charge is 2.17. The topological polar surface area (TPSA) is 7.12 Å². The summed E-state index contributed by atoms with van der Waals surface area (Å²) in [4.78, 5) is 2.42. The third-order valence-electron chi connectivity index (χ3n) is 4.84. The fourth-order valence-corrected chi connectivity index (χ4v) is 3.28. The van der Waals surface area contributed by atoms with Crippen molar-refractivity contribution in [2.45, 2.75) is 20.8 Å². The number of aryl methyl sites for hydroxylation is 2. The minimum Gasteiger partial charge on any atom is -1.00 e. The van der Waals surface area contributed by atoms with Crippen LogP contribution in [0.15, 0.2) is 54.6 Å². The number of nitrogens with zero attached hydrogens (tertiary/aromatic N) is 2. The average molecular weight is 458 g/mol. The molecule has 0 aliphatic carbocycles. The molecule has 0 aliphatic rings. The van der Waals surface area contributed by atoms with Crippen LogP contribution >= 0.6 is 0 Å². The van der Waals surface area contributed by atoms with E-state index in [1.54, 1.807) is 0 Å². The fraction of sp³-hybridized carbons (Fsp3) is 0.261. The second-order valence-electron chi connectivity index (χ2n) is 6.45. The number of halogens is 1. The lowest BCUT2D eigenvalue weighted by molar-refractivity contribution is -0.646. The molecule has 0 unspecified atom stereocenters. The summed E-state index contributed by atoms with van der Waals surface area (Å²) in [5, 5.41) is 1.31.